The van der Waals surface area contributed by atoms with Crippen LogP contribution in [0.15, 0.2) is 10.5 Å². The van der Waals surface area contributed by atoms with Gasteiger partial charge in [0.05, 0.1) is 0 Å². The van der Waals surface area contributed by atoms with E-state index >= 15 is 0 Å². The summed E-state index contributed by atoms with van der Waals surface area (Å²) < 4.78 is 24.9. The van der Waals surface area contributed by atoms with E-state index in [4.69, 9.17) is 0 Å². The van der Waals surface area contributed by atoms with Crippen LogP contribution >= 0.6 is 38.5 Å². The Balaban J connectivity index is 3.35. The molecule has 0 saturated heterocycles. The third-order valence-electron chi connectivity index (χ3n) is 1.31. The van der Waals surface area contributed by atoms with Crippen LogP contribution in [0.2, 0.25) is 0 Å². The van der Waals surface area contributed by atoms with Crippen LogP contribution in [0.3, 0.4) is 0 Å². The lowest BCUT2D eigenvalue weighted by Crippen LogP contribution is -2.00. The van der Waals surface area contributed by atoms with Crippen LogP contribution in [0.1, 0.15) is 12.1 Å². The maximum absolute atomic E-state index is 12.2. The Kier molecular flexibility index (Phi) is 3.70. The van der Waals surface area contributed by atoms with Crippen molar-refractivity contribution in [2.45, 2.75) is 6.43 Å². The van der Waals surface area contributed by atoms with Crippen LogP contribution in [-0.4, -0.2) is 9.91 Å². The van der Waals surface area contributed by atoms with E-state index in [1.165, 1.54) is 0 Å². The zero-order chi connectivity index (χ0) is 10.9. The summed E-state index contributed by atoms with van der Waals surface area (Å²) in [5.41, 5.74) is -0.593. The molecule has 8 heteroatoms. The normalized spacial score (nSPS) is 10.6. The van der Waals surface area contributed by atoms with Crippen molar-refractivity contribution in [1.29, 1.82) is 0 Å². The van der Waals surface area contributed by atoms with Gasteiger partial charge >= 0.3 is 12.2 Å². The molecule has 0 atom stereocenters. The average molecular weight is 379 g/mol. The molecule has 0 amide bonds. The van der Waals surface area contributed by atoms with Crippen molar-refractivity contribution in [1.82, 2.24) is 4.98 Å². The van der Waals surface area contributed by atoms with E-state index in [0.717, 1.165) is 6.07 Å². The van der Waals surface area contributed by atoms with Crippen LogP contribution < -0.4 is 0 Å². The quantitative estimate of drug-likeness (QED) is 0.450. The molecule has 0 bridgehead atoms. The molecule has 0 aliphatic heterocycles. The average Bonchev–Trinajstić information content (AvgIpc) is 2.08. The summed E-state index contributed by atoms with van der Waals surface area (Å²) in [5, 5.41) is 10.4. The number of pyridine rings is 1. The van der Waals surface area contributed by atoms with E-state index in [1.807, 2.05) is 0 Å². The Hall–Kier alpha value is -0.380. The molecule has 0 N–H and O–H groups in total. The Labute approximate surface area is 99.1 Å². The Bertz CT molecular complexity index is 388. The molecular formula is C6H2BrF2IN2O2. The van der Waals surface area contributed by atoms with Gasteiger partial charge in [-0.1, -0.05) is 0 Å². The molecule has 0 spiro atoms. The zero-order valence-corrected chi connectivity index (χ0v) is 10.1. The predicted molar refractivity (Wildman–Crippen MR) is 56.3 cm³/mol. The Morgan fingerprint density at radius 1 is 1.64 bits per heavy atom. The largest absolute Gasteiger partial charge is 0.379 e. The van der Waals surface area contributed by atoms with Crippen LogP contribution in [0.25, 0.3) is 0 Å². The van der Waals surface area contributed by atoms with E-state index in [-0.39, 0.29) is 4.47 Å². The monoisotopic (exact) mass is 378 g/mol. The molecule has 4 nitrogen and oxygen atoms in total. The molecule has 1 rings (SSSR count). The summed E-state index contributed by atoms with van der Waals surface area (Å²) in [5.74, 6) is -0.591. The number of nitrogens with zero attached hydrogens (tertiary/aromatic N) is 2. The van der Waals surface area contributed by atoms with Crippen molar-refractivity contribution < 1.29 is 13.7 Å². The minimum atomic E-state index is -2.81. The van der Waals surface area contributed by atoms with Gasteiger partial charge in [0, 0.05) is 9.64 Å². The molecule has 0 unspecified atom stereocenters. The van der Waals surface area contributed by atoms with Crippen molar-refractivity contribution in [3.63, 3.8) is 0 Å². The van der Waals surface area contributed by atoms with Crippen LogP contribution in [0.5, 0.6) is 0 Å². The number of aromatic nitrogens is 1. The molecule has 0 fully saturated rings. The van der Waals surface area contributed by atoms with E-state index in [2.05, 4.69) is 20.9 Å². The first-order valence-corrected chi connectivity index (χ1v) is 5.09. The summed E-state index contributed by atoms with van der Waals surface area (Å²) >= 11 is 4.63. The van der Waals surface area contributed by atoms with Crippen LogP contribution in [-0.2, 0) is 0 Å². The fourth-order valence-corrected chi connectivity index (χ4v) is 1.64. The molecule has 0 saturated carbocycles. The minimum absolute atomic E-state index is 0.118. The fraction of sp³-hybridized carbons (Fsp3) is 0.167. The number of halogens is 4. The van der Waals surface area contributed by atoms with Crippen molar-refractivity contribution in [2.75, 3.05) is 0 Å². The number of alkyl halides is 2. The molecule has 0 aliphatic carbocycles. The molecular weight excluding hydrogens is 377 g/mol. The predicted octanol–water partition coefficient (Wildman–Crippen LogP) is 3.29. The molecule has 0 aromatic carbocycles. The second-order valence-electron chi connectivity index (χ2n) is 2.22. The minimum Gasteiger partial charge on any atom is -0.358 e. The summed E-state index contributed by atoms with van der Waals surface area (Å²) in [6, 6.07) is 1.10. The first-order valence-electron chi connectivity index (χ1n) is 3.22. The van der Waals surface area contributed by atoms with Crippen molar-refractivity contribution in [3.8, 4) is 0 Å². The van der Waals surface area contributed by atoms with E-state index in [9.17, 15) is 18.9 Å². The molecule has 1 aromatic rings. The smallest absolute Gasteiger partial charge is 0.358 e. The van der Waals surface area contributed by atoms with Crippen LogP contribution in [0.4, 0.5) is 14.6 Å². The second-order valence-corrected chi connectivity index (χ2v) is 4.18. The lowest BCUT2D eigenvalue weighted by atomic mass is 10.3. The highest BCUT2D eigenvalue weighted by Gasteiger charge is 2.24. The summed E-state index contributed by atoms with van der Waals surface area (Å²) in [6.45, 7) is 0. The van der Waals surface area contributed by atoms with Gasteiger partial charge in [-0.25, -0.2) is 8.78 Å². The third-order valence-corrected chi connectivity index (χ3v) is 3.69. The standard InChI is InChI=1S/C6H2BrF2IN2O2/c7-4-2(10)1-3(5(8)9)11-6(4)12(13)14/h1,5H. The molecule has 0 aliphatic rings. The zero-order valence-electron chi connectivity index (χ0n) is 6.38. The number of nitro groups is 1. The Morgan fingerprint density at radius 3 is 2.64 bits per heavy atom. The summed E-state index contributed by atoms with van der Waals surface area (Å²) in [6.07, 6.45) is -2.81. The molecule has 76 valence electrons. The van der Waals surface area contributed by atoms with Gasteiger partial charge in [-0.05, 0) is 48.4 Å². The van der Waals surface area contributed by atoms with Gasteiger partial charge in [0.1, 0.15) is 4.47 Å². The highest BCUT2D eigenvalue weighted by atomic mass is 127. The number of hydrogen-bond acceptors (Lipinski definition) is 3. The van der Waals surface area contributed by atoms with Gasteiger partial charge in [-0.15, -0.1) is 0 Å². The number of rotatable bonds is 2. The molecule has 1 heterocycles. The SMILES string of the molecule is O=[N+]([O-])c1nc(C(F)F)cc(I)c1Br. The molecule has 0 radical (unpaired) electrons. The lowest BCUT2D eigenvalue weighted by Gasteiger charge is -2.00. The Morgan fingerprint density at radius 2 is 2.21 bits per heavy atom. The number of hydrogen-bond donors (Lipinski definition) is 0. The van der Waals surface area contributed by atoms with Crippen LogP contribution in [0, 0.1) is 13.7 Å². The van der Waals surface area contributed by atoms with E-state index in [1.54, 1.807) is 22.6 Å². The van der Waals surface area contributed by atoms with Crippen molar-refractivity contribution >= 4 is 44.3 Å². The van der Waals surface area contributed by atoms with Gasteiger partial charge < -0.3 is 10.1 Å². The first kappa shape index (κ1) is 11.7. The molecule has 14 heavy (non-hydrogen) atoms. The third kappa shape index (κ3) is 2.35. The second kappa shape index (κ2) is 4.43. The maximum Gasteiger partial charge on any atom is 0.379 e. The summed E-state index contributed by atoms with van der Waals surface area (Å²) in [7, 11) is 0. The highest BCUT2D eigenvalue weighted by Crippen LogP contribution is 2.31. The van der Waals surface area contributed by atoms with Crippen molar-refractivity contribution in [2.24, 2.45) is 0 Å². The van der Waals surface area contributed by atoms with Gasteiger partial charge in [0.2, 0.25) is 5.69 Å². The van der Waals surface area contributed by atoms with Gasteiger partial charge in [0.25, 0.3) is 0 Å². The van der Waals surface area contributed by atoms with E-state index < -0.39 is 22.9 Å². The van der Waals surface area contributed by atoms with Gasteiger partial charge in [-0.2, -0.15) is 0 Å². The maximum atomic E-state index is 12.2. The fourth-order valence-electron chi connectivity index (χ4n) is 0.736. The van der Waals surface area contributed by atoms with Gasteiger partial charge in [0.15, 0.2) is 0 Å². The molecule has 1 aromatic heterocycles. The topological polar surface area (TPSA) is 56.0 Å². The summed E-state index contributed by atoms with van der Waals surface area (Å²) in [4.78, 5) is 12.8. The van der Waals surface area contributed by atoms with Crippen molar-refractivity contribution in [3.05, 3.63) is 29.9 Å². The lowest BCUT2D eigenvalue weighted by molar-refractivity contribution is -0.390. The van der Waals surface area contributed by atoms with Gasteiger partial charge in [-0.3, -0.25) is 0 Å². The highest BCUT2D eigenvalue weighted by molar-refractivity contribution is 14.1. The first-order chi connectivity index (χ1) is 6.43. The van der Waals surface area contributed by atoms with E-state index in [0.29, 0.717) is 3.57 Å².